The summed E-state index contributed by atoms with van der Waals surface area (Å²) in [6.45, 7) is 0. The molecule has 3 aromatic rings. The Morgan fingerprint density at radius 3 is 2.95 bits per heavy atom. The molecule has 0 saturated carbocycles. The standard InChI is InChI=1S/C15H12N6O/c1-21-7-5-10-8-12(2-3-13(10)21)18-15(22)11-4-6-17-14(9-11)19-20-16/h2-9H,1H3,(H-,17,18,19,22)/p+1. The number of carbonyl (C=O) groups excluding carboxylic acids is 1. The van der Waals surface area contributed by atoms with Crippen molar-refractivity contribution in [3.63, 3.8) is 0 Å². The molecule has 0 spiro atoms. The maximum atomic E-state index is 12.2. The molecule has 0 aliphatic rings. The molecule has 7 nitrogen and oxygen atoms in total. The van der Waals surface area contributed by atoms with E-state index in [4.69, 9.17) is 5.39 Å². The normalized spacial score (nSPS) is 10.2. The Hall–Kier alpha value is -3.40. The van der Waals surface area contributed by atoms with Gasteiger partial charge in [0.25, 0.3) is 11.3 Å². The summed E-state index contributed by atoms with van der Waals surface area (Å²) in [6.07, 6.45) is 3.43. The molecule has 1 aromatic carbocycles. The van der Waals surface area contributed by atoms with Crippen molar-refractivity contribution in [1.82, 2.24) is 9.55 Å². The van der Waals surface area contributed by atoms with Gasteiger partial charge in [0.05, 0.1) is 0 Å². The van der Waals surface area contributed by atoms with Gasteiger partial charge in [0.1, 0.15) is 0 Å². The second-order valence-corrected chi connectivity index (χ2v) is 4.80. The zero-order valence-corrected chi connectivity index (χ0v) is 11.8. The highest BCUT2D eigenvalue weighted by Crippen LogP contribution is 2.20. The van der Waals surface area contributed by atoms with Gasteiger partial charge in [0, 0.05) is 53.1 Å². The van der Waals surface area contributed by atoms with E-state index in [2.05, 4.69) is 20.8 Å². The van der Waals surface area contributed by atoms with E-state index in [1.165, 1.54) is 12.3 Å². The molecule has 0 radical (unpaired) electrons. The van der Waals surface area contributed by atoms with Crippen molar-refractivity contribution >= 4 is 28.3 Å². The van der Waals surface area contributed by atoms with Gasteiger partial charge < -0.3 is 9.88 Å². The number of diazo groups is 1. The first kappa shape index (κ1) is 13.6. The fraction of sp³-hybridized carbons (Fsp3) is 0.0667. The van der Waals surface area contributed by atoms with Crippen LogP contribution in [0.3, 0.4) is 0 Å². The molecular formula is C15H13N6O+. The van der Waals surface area contributed by atoms with Crippen molar-refractivity contribution in [2.45, 2.75) is 0 Å². The summed E-state index contributed by atoms with van der Waals surface area (Å²) in [6, 6.07) is 10.8. The minimum Gasteiger partial charge on any atom is -0.351 e. The first-order valence-corrected chi connectivity index (χ1v) is 6.60. The molecular weight excluding hydrogens is 280 g/mol. The second kappa shape index (κ2) is 5.54. The van der Waals surface area contributed by atoms with E-state index in [1.54, 1.807) is 6.07 Å². The number of aryl methyl sites for hydroxylation is 1. The number of hydrogen-bond acceptors (Lipinski definition) is 4. The van der Waals surface area contributed by atoms with Crippen molar-refractivity contribution in [1.29, 1.82) is 5.39 Å². The smallest absolute Gasteiger partial charge is 0.309 e. The molecule has 22 heavy (non-hydrogen) atoms. The summed E-state index contributed by atoms with van der Waals surface area (Å²) < 4.78 is 2.01. The average molecular weight is 293 g/mol. The number of benzene rings is 1. The number of hydrogen-bond donors (Lipinski definition) is 2. The number of rotatable bonds is 3. The summed E-state index contributed by atoms with van der Waals surface area (Å²) in [5.41, 5.74) is 4.50. The van der Waals surface area contributed by atoms with Crippen molar-refractivity contribution in [2.75, 3.05) is 10.7 Å². The average Bonchev–Trinajstić information content (AvgIpc) is 2.89. The van der Waals surface area contributed by atoms with Crippen LogP contribution in [0.1, 0.15) is 10.4 Å². The summed E-state index contributed by atoms with van der Waals surface area (Å²) in [4.78, 5) is 16.2. The molecule has 0 bridgehead atoms. The summed E-state index contributed by atoms with van der Waals surface area (Å²) in [5, 5.41) is 15.1. The zero-order chi connectivity index (χ0) is 15.5. The fourth-order valence-corrected chi connectivity index (χ4v) is 2.25. The van der Waals surface area contributed by atoms with Gasteiger partial charge in [-0.05, 0) is 30.3 Å². The fourth-order valence-electron chi connectivity index (χ4n) is 2.25. The molecule has 2 N–H and O–H groups in total. The van der Waals surface area contributed by atoms with Crippen molar-refractivity contribution < 1.29 is 4.79 Å². The lowest BCUT2D eigenvalue weighted by atomic mass is 10.2. The number of nitrogens with one attached hydrogen (secondary N) is 2. The number of fused-ring (bicyclic) bond motifs is 1. The van der Waals surface area contributed by atoms with Crippen LogP contribution in [-0.2, 0) is 7.05 Å². The van der Waals surface area contributed by atoms with Gasteiger partial charge in [-0.15, -0.1) is 0 Å². The number of amides is 1. The Morgan fingerprint density at radius 1 is 1.27 bits per heavy atom. The number of carbonyl (C=O) groups is 1. The Kier molecular flexibility index (Phi) is 3.42. The molecule has 0 aliphatic carbocycles. The topological polar surface area (TPSA) is 87.1 Å². The van der Waals surface area contributed by atoms with E-state index >= 15 is 0 Å². The molecule has 1 amide bonds. The van der Waals surface area contributed by atoms with Crippen LogP contribution in [0.2, 0.25) is 0 Å². The molecule has 7 heteroatoms. The summed E-state index contributed by atoms with van der Waals surface area (Å²) >= 11 is 0. The molecule has 108 valence electrons. The first-order chi connectivity index (χ1) is 10.7. The van der Waals surface area contributed by atoms with E-state index in [-0.39, 0.29) is 11.7 Å². The minimum atomic E-state index is -0.265. The number of pyridine rings is 1. The van der Waals surface area contributed by atoms with Gasteiger partial charge in [-0.3, -0.25) is 4.79 Å². The first-order valence-electron chi connectivity index (χ1n) is 6.60. The van der Waals surface area contributed by atoms with Crippen molar-refractivity contribution in [2.24, 2.45) is 7.05 Å². The molecule has 0 aliphatic heterocycles. The third kappa shape index (κ3) is 2.58. The molecule has 3 rings (SSSR count). The van der Waals surface area contributed by atoms with Crippen LogP contribution < -0.4 is 10.7 Å². The lowest BCUT2D eigenvalue weighted by molar-refractivity contribution is 0.102. The van der Waals surface area contributed by atoms with E-state index < -0.39 is 0 Å². The third-order valence-electron chi connectivity index (χ3n) is 3.33. The largest absolute Gasteiger partial charge is 0.351 e. The maximum Gasteiger partial charge on any atom is 0.309 e. The van der Waals surface area contributed by atoms with E-state index in [9.17, 15) is 4.79 Å². The van der Waals surface area contributed by atoms with Gasteiger partial charge in [-0.25, -0.2) is 4.98 Å². The predicted octanol–water partition coefficient (Wildman–Crippen LogP) is 3.01. The maximum absolute atomic E-state index is 12.2. The summed E-state index contributed by atoms with van der Waals surface area (Å²) in [7, 11) is 1.97. The third-order valence-corrected chi connectivity index (χ3v) is 3.33. The molecule has 2 aromatic heterocycles. The van der Waals surface area contributed by atoms with Gasteiger partial charge >= 0.3 is 5.08 Å². The monoisotopic (exact) mass is 293 g/mol. The number of anilines is 2. The van der Waals surface area contributed by atoms with Crippen LogP contribution in [0.5, 0.6) is 0 Å². The number of aromatic nitrogens is 2. The van der Waals surface area contributed by atoms with Crippen LogP contribution in [0.15, 0.2) is 48.8 Å². The van der Waals surface area contributed by atoms with Crippen molar-refractivity contribution in [3.8, 4) is 0 Å². The molecule has 0 saturated heterocycles. The molecule has 0 unspecified atom stereocenters. The lowest BCUT2D eigenvalue weighted by Crippen LogP contribution is -2.12. The highest BCUT2D eigenvalue weighted by Gasteiger charge is 2.10. The Labute approximate surface area is 126 Å². The van der Waals surface area contributed by atoms with Crippen LogP contribution in [0.4, 0.5) is 11.5 Å². The van der Waals surface area contributed by atoms with Gasteiger partial charge in [-0.2, -0.15) is 0 Å². The summed E-state index contributed by atoms with van der Waals surface area (Å²) in [5.74, 6) is 0.0207. The highest BCUT2D eigenvalue weighted by molar-refractivity contribution is 6.05. The quantitative estimate of drug-likeness (QED) is 0.574. The molecule has 2 heterocycles. The van der Waals surface area contributed by atoms with Gasteiger partial charge in [-0.1, -0.05) is 0 Å². The minimum absolute atomic E-state index is 0.265. The van der Waals surface area contributed by atoms with Crippen LogP contribution in [0, 0.1) is 5.39 Å². The van der Waals surface area contributed by atoms with Gasteiger partial charge in [0.15, 0.2) is 0 Å². The SMILES string of the molecule is Cn1ccc2cc(NC(=O)c3ccnc(N[N+]#N)c3)ccc21. The Bertz CT molecular complexity index is 892. The number of nitrogens with zero attached hydrogens (tertiary/aromatic N) is 4. The van der Waals surface area contributed by atoms with E-state index in [0.29, 0.717) is 11.3 Å². The highest BCUT2D eigenvalue weighted by atomic mass is 16.1. The van der Waals surface area contributed by atoms with Crippen LogP contribution >= 0.6 is 0 Å². The Morgan fingerprint density at radius 2 is 2.14 bits per heavy atom. The lowest BCUT2D eigenvalue weighted by Gasteiger charge is -2.06. The van der Waals surface area contributed by atoms with E-state index in [1.807, 2.05) is 42.1 Å². The second-order valence-electron chi connectivity index (χ2n) is 4.80. The molecule has 0 atom stereocenters. The van der Waals surface area contributed by atoms with E-state index in [0.717, 1.165) is 10.9 Å². The van der Waals surface area contributed by atoms with Crippen LogP contribution in [-0.4, -0.2) is 15.5 Å². The predicted molar refractivity (Wildman–Crippen MR) is 83.8 cm³/mol. The van der Waals surface area contributed by atoms with Crippen molar-refractivity contribution in [3.05, 3.63) is 59.4 Å². The Balaban J connectivity index is 1.83. The van der Waals surface area contributed by atoms with Gasteiger partial charge in [0.2, 0.25) is 5.82 Å². The zero-order valence-electron chi connectivity index (χ0n) is 11.8. The van der Waals surface area contributed by atoms with Crippen LogP contribution in [0.25, 0.3) is 16.0 Å². The molecule has 0 fully saturated rings.